The van der Waals surface area contributed by atoms with Crippen LogP contribution in [0.4, 0.5) is 0 Å². The van der Waals surface area contributed by atoms with E-state index in [0.29, 0.717) is 30.3 Å². The Hall–Kier alpha value is -2.86. The summed E-state index contributed by atoms with van der Waals surface area (Å²) in [4.78, 5) is 0. The SMILES string of the molecule is CCC(C)(C)C(O)Oc1ccc(-c2ccc(CC(C)(C)C(N)(CC)C(O)Oc3ccc(C4CCCCC4)cc3)c(C)c2)cc1C. The highest BCUT2D eigenvalue weighted by atomic mass is 16.6. The molecule has 0 aromatic heterocycles. The Kier molecular flexibility index (Phi) is 11.1. The van der Waals surface area contributed by atoms with Crippen LogP contribution >= 0.6 is 0 Å². The third-order valence-corrected chi connectivity index (χ3v) is 10.8. The molecule has 1 saturated carbocycles. The second-order valence-corrected chi connectivity index (χ2v) is 14.8. The smallest absolute Gasteiger partial charge is 0.216 e. The quantitative estimate of drug-likeness (QED) is 0.167. The molecule has 0 spiro atoms. The van der Waals surface area contributed by atoms with Crippen LogP contribution in [-0.4, -0.2) is 28.3 Å². The normalized spacial score (nSPS) is 17.4. The highest BCUT2D eigenvalue weighted by molar-refractivity contribution is 5.67. The van der Waals surface area contributed by atoms with E-state index in [0.717, 1.165) is 23.1 Å². The predicted octanol–water partition coefficient (Wildman–Crippen LogP) is 9.23. The molecule has 0 radical (unpaired) electrons. The second kappa shape index (κ2) is 14.3. The minimum atomic E-state index is -1.15. The van der Waals surface area contributed by atoms with Gasteiger partial charge in [-0.25, -0.2) is 0 Å². The summed E-state index contributed by atoms with van der Waals surface area (Å²) >= 11 is 0. The van der Waals surface area contributed by atoms with E-state index >= 15 is 0 Å². The first-order valence-electron chi connectivity index (χ1n) is 17.0. The van der Waals surface area contributed by atoms with Gasteiger partial charge >= 0.3 is 0 Å². The number of aliphatic hydroxyl groups is 2. The minimum Gasteiger partial charge on any atom is -0.464 e. The molecule has 0 amide bonds. The third kappa shape index (κ3) is 7.93. The summed E-state index contributed by atoms with van der Waals surface area (Å²) in [5, 5.41) is 22.0. The zero-order chi connectivity index (χ0) is 33.0. The van der Waals surface area contributed by atoms with Crippen molar-refractivity contribution in [1.29, 1.82) is 0 Å². The lowest BCUT2D eigenvalue weighted by Gasteiger charge is -2.46. The molecule has 0 aliphatic heterocycles. The Morgan fingerprint density at radius 2 is 1.36 bits per heavy atom. The Labute approximate surface area is 272 Å². The van der Waals surface area contributed by atoms with Gasteiger partial charge in [0.15, 0.2) is 0 Å². The monoisotopic (exact) mass is 615 g/mol. The van der Waals surface area contributed by atoms with Gasteiger partial charge in [-0.1, -0.05) is 97.2 Å². The van der Waals surface area contributed by atoms with Gasteiger partial charge in [-0.3, -0.25) is 0 Å². The fourth-order valence-corrected chi connectivity index (χ4v) is 6.61. The van der Waals surface area contributed by atoms with Gasteiger partial charge in [0.05, 0.1) is 5.54 Å². The van der Waals surface area contributed by atoms with Crippen molar-refractivity contribution in [1.82, 2.24) is 0 Å². The molecule has 4 N–H and O–H groups in total. The number of hydrogen-bond donors (Lipinski definition) is 3. The average molecular weight is 616 g/mol. The van der Waals surface area contributed by atoms with Crippen LogP contribution < -0.4 is 15.2 Å². The topological polar surface area (TPSA) is 84.9 Å². The summed E-state index contributed by atoms with van der Waals surface area (Å²) in [5.74, 6) is 1.98. The lowest BCUT2D eigenvalue weighted by Crippen LogP contribution is -2.63. The van der Waals surface area contributed by atoms with E-state index in [2.05, 4.69) is 64.1 Å². The first kappa shape index (κ1) is 35.0. The first-order chi connectivity index (χ1) is 21.2. The average Bonchev–Trinajstić information content (AvgIpc) is 3.03. The molecule has 3 unspecified atom stereocenters. The summed E-state index contributed by atoms with van der Waals surface area (Å²) in [6.07, 6.45) is 6.51. The van der Waals surface area contributed by atoms with Crippen LogP contribution in [0.1, 0.15) is 115 Å². The molecule has 5 heteroatoms. The number of rotatable bonds is 13. The van der Waals surface area contributed by atoms with E-state index in [1.54, 1.807) is 0 Å². The van der Waals surface area contributed by atoms with Gasteiger partial charge < -0.3 is 25.4 Å². The van der Waals surface area contributed by atoms with Crippen LogP contribution in [0.3, 0.4) is 0 Å². The minimum absolute atomic E-state index is 0.327. The van der Waals surface area contributed by atoms with E-state index in [1.807, 2.05) is 52.0 Å². The van der Waals surface area contributed by atoms with Crippen LogP contribution in [0.15, 0.2) is 60.7 Å². The Morgan fingerprint density at radius 1 is 0.756 bits per heavy atom. The van der Waals surface area contributed by atoms with Crippen LogP contribution in [0.2, 0.25) is 0 Å². The lowest BCUT2D eigenvalue weighted by molar-refractivity contribution is -0.116. The maximum atomic E-state index is 11.4. The summed E-state index contributed by atoms with van der Waals surface area (Å²) in [5.41, 5.74) is 12.2. The molecular formula is C40H57NO4. The second-order valence-electron chi connectivity index (χ2n) is 14.8. The molecule has 1 aliphatic rings. The molecule has 3 atom stereocenters. The number of benzene rings is 3. The van der Waals surface area contributed by atoms with E-state index in [9.17, 15) is 10.2 Å². The van der Waals surface area contributed by atoms with E-state index < -0.39 is 23.5 Å². The molecule has 4 rings (SSSR count). The number of nitrogens with two attached hydrogens (primary N) is 1. The maximum absolute atomic E-state index is 11.4. The fourth-order valence-electron chi connectivity index (χ4n) is 6.61. The van der Waals surface area contributed by atoms with Crippen LogP contribution in [0, 0.1) is 24.7 Å². The van der Waals surface area contributed by atoms with E-state index in [4.69, 9.17) is 15.2 Å². The van der Waals surface area contributed by atoms with Crippen LogP contribution in [0.5, 0.6) is 11.5 Å². The molecule has 45 heavy (non-hydrogen) atoms. The van der Waals surface area contributed by atoms with Crippen molar-refractivity contribution in [2.75, 3.05) is 0 Å². The zero-order valence-corrected chi connectivity index (χ0v) is 29.0. The molecule has 3 aromatic carbocycles. The van der Waals surface area contributed by atoms with Gasteiger partial charge in [-0.15, -0.1) is 0 Å². The van der Waals surface area contributed by atoms with Crippen LogP contribution in [0.25, 0.3) is 11.1 Å². The van der Waals surface area contributed by atoms with Crippen molar-refractivity contribution in [3.8, 4) is 22.6 Å². The Bertz CT molecular complexity index is 1410. The van der Waals surface area contributed by atoms with Gasteiger partial charge in [-0.2, -0.15) is 0 Å². The van der Waals surface area contributed by atoms with Gasteiger partial charge in [0.2, 0.25) is 12.6 Å². The third-order valence-electron chi connectivity index (χ3n) is 10.8. The Balaban J connectivity index is 1.46. The molecule has 3 aromatic rings. The molecule has 1 aliphatic carbocycles. The van der Waals surface area contributed by atoms with Gasteiger partial charge in [0.25, 0.3) is 0 Å². The lowest BCUT2D eigenvalue weighted by atomic mass is 9.67. The summed E-state index contributed by atoms with van der Waals surface area (Å²) < 4.78 is 12.1. The number of ether oxygens (including phenoxy) is 2. The molecule has 0 heterocycles. The highest BCUT2D eigenvalue weighted by Gasteiger charge is 2.47. The fraction of sp³-hybridized carbons (Fsp3) is 0.550. The molecule has 0 bridgehead atoms. The molecule has 246 valence electrons. The van der Waals surface area contributed by atoms with Crippen molar-refractivity contribution in [2.45, 2.75) is 131 Å². The number of aliphatic hydroxyl groups excluding tert-OH is 2. The van der Waals surface area contributed by atoms with Crippen LogP contribution in [-0.2, 0) is 6.42 Å². The van der Waals surface area contributed by atoms with Gasteiger partial charge in [0, 0.05) is 5.41 Å². The Morgan fingerprint density at radius 3 is 1.91 bits per heavy atom. The van der Waals surface area contributed by atoms with Crippen molar-refractivity contribution in [2.24, 2.45) is 16.6 Å². The predicted molar refractivity (Wildman–Crippen MR) is 186 cm³/mol. The van der Waals surface area contributed by atoms with Crippen molar-refractivity contribution in [3.05, 3.63) is 82.9 Å². The zero-order valence-electron chi connectivity index (χ0n) is 29.0. The number of aryl methyl sites for hydroxylation is 2. The molecule has 0 saturated heterocycles. The van der Waals surface area contributed by atoms with Crippen molar-refractivity contribution in [3.63, 3.8) is 0 Å². The largest absolute Gasteiger partial charge is 0.464 e. The summed E-state index contributed by atoms with van der Waals surface area (Å²) in [6, 6.07) is 20.9. The van der Waals surface area contributed by atoms with E-state index in [1.165, 1.54) is 48.8 Å². The van der Waals surface area contributed by atoms with Crippen molar-refractivity contribution < 1.29 is 19.7 Å². The molecule has 5 nitrogen and oxygen atoms in total. The number of hydrogen-bond acceptors (Lipinski definition) is 5. The summed E-state index contributed by atoms with van der Waals surface area (Å²) in [7, 11) is 0. The molecular weight excluding hydrogens is 558 g/mol. The maximum Gasteiger partial charge on any atom is 0.216 e. The van der Waals surface area contributed by atoms with Gasteiger partial charge in [-0.05, 0) is 115 Å². The first-order valence-corrected chi connectivity index (χ1v) is 17.0. The standard InChI is InChI=1S/C40H57NO4/c1-9-38(5,6)36(42)45-35-23-20-32(25-28(35)4)31-16-17-33(27(3)24-31)26-39(7,8)40(41,10-2)37(43)44-34-21-18-30(19-22-34)29-14-12-11-13-15-29/h16-25,29,36-37,42-43H,9-15,26,41H2,1-8H3. The highest BCUT2D eigenvalue weighted by Crippen LogP contribution is 2.40. The van der Waals surface area contributed by atoms with Gasteiger partial charge in [0.1, 0.15) is 11.5 Å². The molecule has 1 fully saturated rings. The summed E-state index contributed by atoms with van der Waals surface area (Å²) in [6.45, 7) is 16.5. The van der Waals surface area contributed by atoms with Crippen molar-refractivity contribution >= 4 is 0 Å². The van der Waals surface area contributed by atoms with E-state index in [-0.39, 0.29) is 5.41 Å².